The van der Waals surface area contributed by atoms with Crippen molar-refractivity contribution in [1.29, 1.82) is 0 Å². The van der Waals surface area contributed by atoms with E-state index in [1.165, 1.54) is 38.5 Å². The summed E-state index contributed by atoms with van der Waals surface area (Å²) in [6.45, 7) is 4.53. The van der Waals surface area contributed by atoms with E-state index in [-0.39, 0.29) is 6.28 Å². The largest absolute Gasteiger partial charge is 0.508 e. The Labute approximate surface area is 82.0 Å². The Hall–Kier alpha value is -0.265. The first-order valence-corrected chi connectivity index (χ1v) is 5.97. The van der Waals surface area contributed by atoms with Crippen molar-refractivity contribution in [1.82, 2.24) is 0 Å². The maximum absolute atomic E-state index is 4.84. The van der Waals surface area contributed by atoms with E-state index in [0.29, 0.717) is 0 Å². The average Bonchev–Trinajstić information content (AvgIpc) is 2.02. The summed E-state index contributed by atoms with van der Waals surface area (Å²) in [7, 11) is 0. The van der Waals surface area contributed by atoms with Crippen molar-refractivity contribution in [2.24, 2.45) is 4.90 Å². The summed E-state index contributed by atoms with van der Waals surface area (Å²) in [5.74, 6) is 1.90. The summed E-state index contributed by atoms with van der Waals surface area (Å²) in [4.78, 5) is 4.84. The number of nitrogens with zero attached hydrogens (tertiary/aromatic N) is 1. The molecule has 0 aromatic carbocycles. The first kappa shape index (κ1) is 9.30. The van der Waals surface area contributed by atoms with Gasteiger partial charge in [-0.2, -0.15) is 6.82 Å². The molecule has 0 N–H and O–H groups in total. The molecule has 0 aromatic heterocycles. The molecule has 13 heavy (non-hydrogen) atoms. The first-order valence-electron chi connectivity index (χ1n) is 5.97. The Kier molecular flexibility index (Phi) is 2.48. The molecule has 1 nitrogen and oxygen atoms in total. The number of fused-ring (bicyclic) bond motifs is 2. The van der Waals surface area contributed by atoms with Gasteiger partial charge in [-0.3, -0.25) is 0 Å². The summed E-state index contributed by atoms with van der Waals surface area (Å²) in [6, 6.07) is 0. The van der Waals surface area contributed by atoms with Crippen LogP contribution in [0.25, 0.3) is 0 Å². The van der Waals surface area contributed by atoms with Crippen molar-refractivity contribution < 1.29 is 0 Å². The lowest BCUT2D eigenvalue weighted by Crippen LogP contribution is -2.45. The lowest BCUT2D eigenvalue weighted by atomic mass is 9.18. The van der Waals surface area contributed by atoms with Crippen molar-refractivity contribution in [2.75, 3.05) is 0 Å². The van der Waals surface area contributed by atoms with Crippen LogP contribution in [0.15, 0.2) is 4.90 Å². The van der Waals surface area contributed by atoms with Crippen LogP contribution in [0.5, 0.6) is 0 Å². The molecule has 0 radical (unpaired) electrons. The van der Waals surface area contributed by atoms with Crippen molar-refractivity contribution in [2.45, 2.75) is 63.9 Å². The third-order valence-corrected chi connectivity index (χ3v) is 4.68. The normalized spacial score (nSPS) is 45.4. The molecular formula is C11H21BN-. The second-order valence-corrected chi connectivity index (χ2v) is 5.20. The Balaban J connectivity index is 2.23. The van der Waals surface area contributed by atoms with Gasteiger partial charge in [-0.1, -0.05) is 44.7 Å². The van der Waals surface area contributed by atoms with Crippen LogP contribution in [0.3, 0.4) is 0 Å². The van der Waals surface area contributed by atoms with E-state index in [0.717, 1.165) is 11.6 Å². The van der Waals surface area contributed by atoms with Crippen LogP contribution >= 0.6 is 0 Å². The van der Waals surface area contributed by atoms with E-state index < -0.39 is 0 Å². The molecule has 0 unspecified atom stereocenters. The van der Waals surface area contributed by atoms with Gasteiger partial charge in [-0.25, -0.2) is 0 Å². The van der Waals surface area contributed by atoms with Crippen molar-refractivity contribution in [3.63, 3.8) is 0 Å². The van der Waals surface area contributed by atoms with Crippen LogP contribution in [0.1, 0.15) is 45.4 Å². The minimum absolute atomic E-state index is 0.375. The van der Waals surface area contributed by atoms with Crippen LogP contribution in [0, 0.1) is 0 Å². The van der Waals surface area contributed by atoms with Crippen LogP contribution in [-0.4, -0.2) is 12.5 Å². The van der Waals surface area contributed by atoms with Gasteiger partial charge >= 0.3 is 0 Å². The molecule has 0 saturated carbocycles. The lowest BCUT2D eigenvalue weighted by molar-refractivity contribution is 0.431. The highest BCUT2D eigenvalue weighted by molar-refractivity contribution is 6.80. The van der Waals surface area contributed by atoms with Gasteiger partial charge in [0.25, 0.3) is 0 Å². The van der Waals surface area contributed by atoms with Gasteiger partial charge < -0.3 is 4.90 Å². The van der Waals surface area contributed by atoms with Crippen LogP contribution < -0.4 is 0 Å². The Morgan fingerprint density at radius 1 is 1.08 bits per heavy atom. The Morgan fingerprint density at radius 3 is 1.92 bits per heavy atom. The van der Waals surface area contributed by atoms with E-state index in [1.807, 2.05) is 0 Å². The molecular weight excluding hydrogens is 157 g/mol. The number of rotatable bonds is 1. The minimum atomic E-state index is -0.375. The summed E-state index contributed by atoms with van der Waals surface area (Å²) in [6.07, 6.45) is 10.4. The average molecular weight is 178 g/mol. The molecule has 74 valence electrons. The summed E-state index contributed by atoms with van der Waals surface area (Å²) < 4.78 is 0. The third-order valence-electron chi connectivity index (χ3n) is 4.68. The molecule has 2 fully saturated rings. The van der Waals surface area contributed by atoms with E-state index in [1.54, 1.807) is 0 Å². The molecule has 2 heteroatoms. The second-order valence-electron chi connectivity index (χ2n) is 5.20. The Morgan fingerprint density at radius 2 is 1.54 bits per heavy atom. The topological polar surface area (TPSA) is 12.4 Å². The van der Waals surface area contributed by atoms with Gasteiger partial charge in [0.15, 0.2) is 0 Å². The zero-order chi connectivity index (χ0) is 9.31. The lowest BCUT2D eigenvalue weighted by Gasteiger charge is -2.54. The fourth-order valence-corrected chi connectivity index (χ4v) is 3.87. The van der Waals surface area contributed by atoms with E-state index in [9.17, 15) is 0 Å². The molecule has 2 rings (SSSR count). The molecule has 0 aromatic rings. The SMILES string of the molecule is C/C=N/[B-]1(C)C2CCCC1CCC2. The molecule has 2 saturated heterocycles. The van der Waals surface area contributed by atoms with Gasteiger partial charge in [-0.05, 0) is 6.92 Å². The smallest absolute Gasteiger partial charge is 0.108 e. The zero-order valence-electron chi connectivity index (χ0n) is 9.00. The molecule has 2 bridgehead atoms. The third kappa shape index (κ3) is 1.45. The highest BCUT2D eigenvalue weighted by Crippen LogP contribution is 2.53. The molecule has 2 heterocycles. The molecule has 2 aliphatic rings. The van der Waals surface area contributed by atoms with E-state index >= 15 is 0 Å². The molecule has 0 atom stereocenters. The highest BCUT2D eigenvalue weighted by Gasteiger charge is 2.40. The number of hydrogen-bond donors (Lipinski definition) is 0. The van der Waals surface area contributed by atoms with Gasteiger partial charge in [0.05, 0.1) is 0 Å². The van der Waals surface area contributed by atoms with Gasteiger partial charge in [0, 0.05) is 0 Å². The summed E-state index contributed by atoms with van der Waals surface area (Å²) >= 11 is 0. The summed E-state index contributed by atoms with van der Waals surface area (Å²) in [5.41, 5.74) is 0. The minimum Gasteiger partial charge on any atom is -0.508 e. The molecule has 0 spiro atoms. The fraction of sp³-hybridized carbons (Fsp3) is 0.909. The maximum Gasteiger partial charge on any atom is 0.108 e. The fourth-order valence-electron chi connectivity index (χ4n) is 3.87. The maximum atomic E-state index is 4.84. The quantitative estimate of drug-likeness (QED) is 0.428. The van der Waals surface area contributed by atoms with Crippen LogP contribution in [0.2, 0.25) is 18.5 Å². The van der Waals surface area contributed by atoms with Crippen LogP contribution in [0.4, 0.5) is 0 Å². The predicted molar refractivity (Wildman–Crippen MR) is 61.0 cm³/mol. The first-order chi connectivity index (χ1) is 6.27. The molecule has 2 aliphatic heterocycles. The van der Waals surface area contributed by atoms with Gasteiger partial charge in [0.1, 0.15) is 6.28 Å². The van der Waals surface area contributed by atoms with Crippen molar-refractivity contribution >= 4 is 12.5 Å². The van der Waals surface area contributed by atoms with Crippen LogP contribution in [-0.2, 0) is 0 Å². The van der Waals surface area contributed by atoms with E-state index in [2.05, 4.69) is 20.0 Å². The van der Waals surface area contributed by atoms with Gasteiger partial charge in [0.2, 0.25) is 0 Å². The Bertz CT molecular complexity index is 190. The van der Waals surface area contributed by atoms with Gasteiger partial charge in [-0.15, -0.1) is 11.6 Å². The summed E-state index contributed by atoms with van der Waals surface area (Å²) in [5, 5.41) is 0. The molecule has 0 aliphatic carbocycles. The number of hydrogen-bond acceptors (Lipinski definition) is 1. The second kappa shape index (κ2) is 3.47. The predicted octanol–water partition coefficient (Wildman–Crippen LogP) is 3.76. The highest BCUT2D eigenvalue weighted by atomic mass is 14.7. The zero-order valence-corrected chi connectivity index (χ0v) is 9.00. The standard InChI is InChI=1S/C11H21BN/c1-3-13-12(2)10-6-4-7-11(12)9-5-8-10/h3,10-11H,4-9H2,1-2H3/q-1/b13-3+. The van der Waals surface area contributed by atoms with E-state index in [4.69, 9.17) is 4.90 Å². The van der Waals surface area contributed by atoms with Crippen molar-refractivity contribution in [3.8, 4) is 0 Å². The monoisotopic (exact) mass is 178 g/mol. The van der Waals surface area contributed by atoms with Crippen molar-refractivity contribution in [3.05, 3.63) is 0 Å². The molecule has 0 amide bonds.